The van der Waals surface area contributed by atoms with Crippen molar-refractivity contribution in [1.82, 2.24) is 9.80 Å². The molecule has 0 saturated carbocycles. The first kappa shape index (κ1) is 19.8. The summed E-state index contributed by atoms with van der Waals surface area (Å²) in [4.78, 5) is 17.0. The molecule has 2 heterocycles. The third kappa shape index (κ3) is 3.71. The summed E-state index contributed by atoms with van der Waals surface area (Å²) in [5.41, 5.74) is 0.741. The van der Waals surface area contributed by atoms with Crippen LogP contribution in [0.5, 0.6) is 5.75 Å². The number of benzene rings is 2. The number of rotatable bonds is 3. The maximum Gasteiger partial charge on any atom is 0.416 e. The van der Waals surface area contributed by atoms with E-state index in [-0.39, 0.29) is 11.9 Å². The van der Waals surface area contributed by atoms with E-state index in [1.807, 2.05) is 12.1 Å². The first-order valence-corrected chi connectivity index (χ1v) is 9.58. The van der Waals surface area contributed by atoms with Gasteiger partial charge in [-0.25, -0.2) is 0 Å². The monoisotopic (exact) mass is 404 g/mol. The largest absolute Gasteiger partial charge is 0.497 e. The number of ether oxygens (including phenoxy) is 1. The summed E-state index contributed by atoms with van der Waals surface area (Å²) in [7, 11) is 3.73. The van der Waals surface area contributed by atoms with E-state index in [0.717, 1.165) is 24.4 Å². The molecule has 2 aliphatic heterocycles. The van der Waals surface area contributed by atoms with Crippen LogP contribution in [-0.2, 0) is 6.18 Å². The average molecular weight is 404 g/mol. The third-order valence-corrected chi connectivity index (χ3v) is 6.10. The number of halogens is 3. The molecule has 3 atom stereocenters. The van der Waals surface area contributed by atoms with Crippen LogP contribution in [0.3, 0.4) is 0 Å². The van der Waals surface area contributed by atoms with Crippen molar-refractivity contribution in [2.24, 2.45) is 11.8 Å². The number of hydrogen-bond donors (Lipinski definition) is 0. The van der Waals surface area contributed by atoms with Crippen molar-refractivity contribution in [3.8, 4) is 5.75 Å². The van der Waals surface area contributed by atoms with E-state index in [4.69, 9.17) is 4.74 Å². The van der Waals surface area contributed by atoms with Crippen LogP contribution in [0.1, 0.15) is 27.5 Å². The lowest BCUT2D eigenvalue weighted by molar-refractivity contribution is -0.137. The Kier molecular flexibility index (Phi) is 5.02. The topological polar surface area (TPSA) is 32.8 Å². The second-order valence-corrected chi connectivity index (χ2v) is 7.87. The van der Waals surface area contributed by atoms with Gasteiger partial charge < -0.3 is 9.64 Å². The zero-order chi connectivity index (χ0) is 20.8. The summed E-state index contributed by atoms with van der Waals surface area (Å²) in [5, 5.41) is 0. The SMILES string of the molecule is COc1ccc([C@H]2[C@@H]3CN(C(=O)c4ccc(C(F)(F)F)cc4)C[C@@H]3CN2C)cc1. The molecular weight excluding hydrogens is 381 g/mol. The van der Waals surface area contributed by atoms with Crippen LogP contribution in [-0.4, -0.2) is 49.5 Å². The lowest BCUT2D eigenvalue weighted by Gasteiger charge is -2.27. The summed E-state index contributed by atoms with van der Waals surface area (Å²) in [6.07, 6.45) is -4.40. The van der Waals surface area contributed by atoms with Gasteiger partial charge in [-0.2, -0.15) is 13.2 Å². The van der Waals surface area contributed by atoms with Gasteiger partial charge in [0.15, 0.2) is 0 Å². The van der Waals surface area contributed by atoms with Crippen molar-refractivity contribution in [1.29, 1.82) is 0 Å². The summed E-state index contributed by atoms with van der Waals surface area (Å²) >= 11 is 0. The van der Waals surface area contributed by atoms with E-state index in [0.29, 0.717) is 30.5 Å². The highest BCUT2D eigenvalue weighted by molar-refractivity contribution is 5.94. The molecule has 0 spiro atoms. The van der Waals surface area contributed by atoms with Crippen molar-refractivity contribution in [2.75, 3.05) is 33.8 Å². The van der Waals surface area contributed by atoms with Crippen molar-refractivity contribution < 1.29 is 22.7 Å². The fraction of sp³-hybridized carbons (Fsp3) is 0.409. The van der Waals surface area contributed by atoms with E-state index in [1.54, 1.807) is 12.0 Å². The van der Waals surface area contributed by atoms with Gasteiger partial charge >= 0.3 is 6.18 Å². The molecule has 7 heteroatoms. The highest BCUT2D eigenvalue weighted by Gasteiger charge is 2.47. The van der Waals surface area contributed by atoms with E-state index in [1.165, 1.54) is 17.7 Å². The molecule has 4 rings (SSSR count). The first-order chi connectivity index (χ1) is 13.8. The lowest BCUT2D eigenvalue weighted by Crippen LogP contribution is -2.33. The molecule has 2 fully saturated rings. The Morgan fingerprint density at radius 2 is 1.66 bits per heavy atom. The van der Waals surface area contributed by atoms with E-state index >= 15 is 0 Å². The quantitative estimate of drug-likeness (QED) is 0.773. The van der Waals surface area contributed by atoms with Gasteiger partial charge in [0.1, 0.15) is 5.75 Å². The van der Waals surface area contributed by atoms with Crippen molar-refractivity contribution in [3.05, 3.63) is 65.2 Å². The van der Waals surface area contributed by atoms with Gasteiger partial charge in [-0.3, -0.25) is 9.69 Å². The number of nitrogens with zero attached hydrogens (tertiary/aromatic N) is 2. The summed E-state index contributed by atoms with van der Waals surface area (Å²) in [6, 6.07) is 12.7. The smallest absolute Gasteiger partial charge is 0.416 e. The molecule has 0 aromatic heterocycles. The average Bonchev–Trinajstić information content (AvgIpc) is 3.23. The highest BCUT2D eigenvalue weighted by atomic mass is 19.4. The number of amides is 1. The van der Waals surface area contributed by atoms with E-state index in [2.05, 4.69) is 24.1 Å². The molecule has 0 unspecified atom stereocenters. The minimum atomic E-state index is -4.40. The Hall–Kier alpha value is -2.54. The van der Waals surface area contributed by atoms with Crippen LogP contribution in [0, 0.1) is 11.8 Å². The maximum absolute atomic E-state index is 12.9. The van der Waals surface area contributed by atoms with Gasteiger partial charge in [-0.15, -0.1) is 0 Å². The molecule has 0 bridgehead atoms. The van der Waals surface area contributed by atoms with Crippen LogP contribution >= 0.6 is 0 Å². The Morgan fingerprint density at radius 1 is 1.00 bits per heavy atom. The van der Waals surface area contributed by atoms with Gasteiger partial charge in [-0.05, 0) is 54.9 Å². The molecule has 29 heavy (non-hydrogen) atoms. The Balaban J connectivity index is 1.49. The third-order valence-electron chi connectivity index (χ3n) is 6.10. The molecule has 0 N–H and O–H groups in total. The summed E-state index contributed by atoms with van der Waals surface area (Å²) < 4.78 is 43.5. The standard InChI is InChI=1S/C22H23F3N2O2/c1-26-11-16-12-27(21(28)15-3-7-17(8-4-15)22(23,24)25)13-19(16)20(26)14-5-9-18(29-2)10-6-14/h3-10,16,19-20H,11-13H2,1-2H3/t16-,19+,20-/m0/s1. The minimum Gasteiger partial charge on any atom is -0.497 e. The van der Waals surface area contributed by atoms with Gasteiger partial charge in [0.2, 0.25) is 0 Å². The minimum absolute atomic E-state index is 0.204. The molecule has 0 radical (unpaired) electrons. The molecular formula is C22H23F3N2O2. The Morgan fingerprint density at radius 3 is 2.24 bits per heavy atom. The second kappa shape index (κ2) is 7.37. The van der Waals surface area contributed by atoms with Gasteiger partial charge in [0.05, 0.1) is 12.7 Å². The van der Waals surface area contributed by atoms with Crippen molar-refractivity contribution in [3.63, 3.8) is 0 Å². The normalized spacial score (nSPS) is 24.6. The van der Waals surface area contributed by atoms with Gasteiger partial charge in [0.25, 0.3) is 5.91 Å². The lowest BCUT2D eigenvalue weighted by atomic mass is 9.89. The van der Waals surface area contributed by atoms with Crippen molar-refractivity contribution >= 4 is 5.91 Å². The molecule has 4 nitrogen and oxygen atoms in total. The highest BCUT2D eigenvalue weighted by Crippen LogP contribution is 2.44. The number of carbonyl (C=O) groups excluding carboxylic acids is 1. The zero-order valence-electron chi connectivity index (χ0n) is 16.3. The number of likely N-dealkylation sites (tertiary alicyclic amines) is 2. The maximum atomic E-state index is 12.9. The number of carbonyl (C=O) groups is 1. The molecule has 2 aromatic rings. The predicted molar refractivity (Wildman–Crippen MR) is 103 cm³/mol. The fourth-order valence-electron chi connectivity index (χ4n) is 4.71. The van der Waals surface area contributed by atoms with Gasteiger partial charge in [-0.1, -0.05) is 12.1 Å². The molecule has 154 valence electrons. The molecule has 2 saturated heterocycles. The van der Waals surface area contributed by atoms with Crippen LogP contribution in [0.25, 0.3) is 0 Å². The molecule has 0 aliphatic carbocycles. The number of methoxy groups -OCH3 is 1. The van der Waals surface area contributed by atoms with Crippen LogP contribution in [0.15, 0.2) is 48.5 Å². The van der Waals surface area contributed by atoms with Crippen LogP contribution < -0.4 is 4.74 Å². The number of hydrogen-bond acceptors (Lipinski definition) is 3. The molecule has 2 aromatic carbocycles. The first-order valence-electron chi connectivity index (χ1n) is 9.58. The van der Waals surface area contributed by atoms with Crippen LogP contribution in [0.2, 0.25) is 0 Å². The second-order valence-electron chi connectivity index (χ2n) is 7.87. The molecule has 2 aliphatic rings. The van der Waals surface area contributed by atoms with E-state index in [9.17, 15) is 18.0 Å². The predicted octanol–water partition coefficient (Wildman–Crippen LogP) is 4.09. The Labute approximate surface area is 167 Å². The number of alkyl halides is 3. The van der Waals surface area contributed by atoms with Crippen LogP contribution in [0.4, 0.5) is 13.2 Å². The Bertz CT molecular complexity index is 880. The molecule has 1 amide bonds. The fourth-order valence-corrected chi connectivity index (χ4v) is 4.71. The number of fused-ring (bicyclic) bond motifs is 1. The summed E-state index contributed by atoms with van der Waals surface area (Å²) in [6.45, 7) is 2.12. The zero-order valence-corrected chi connectivity index (χ0v) is 16.3. The van der Waals surface area contributed by atoms with Gasteiger partial charge in [0, 0.05) is 37.2 Å². The van der Waals surface area contributed by atoms with E-state index < -0.39 is 11.7 Å². The van der Waals surface area contributed by atoms with Crippen molar-refractivity contribution in [2.45, 2.75) is 12.2 Å². The summed E-state index contributed by atoms with van der Waals surface area (Å²) in [5.74, 6) is 1.25.